The predicted molar refractivity (Wildman–Crippen MR) is 81.8 cm³/mol. The van der Waals surface area contributed by atoms with Crippen LogP contribution in [0.2, 0.25) is 0 Å². The number of para-hydroxylation sites is 1. The van der Waals surface area contributed by atoms with Crippen molar-refractivity contribution in [1.29, 1.82) is 0 Å². The van der Waals surface area contributed by atoms with Crippen LogP contribution in [0.4, 0.5) is 0 Å². The molecule has 21 heavy (non-hydrogen) atoms. The van der Waals surface area contributed by atoms with Gasteiger partial charge >= 0.3 is 0 Å². The predicted octanol–water partition coefficient (Wildman–Crippen LogP) is 1.86. The van der Waals surface area contributed by atoms with Gasteiger partial charge in [-0.15, -0.1) is 0 Å². The van der Waals surface area contributed by atoms with E-state index in [1.54, 1.807) is 18.2 Å². The Labute approximate surface area is 125 Å². The molecule has 5 nitrogen and oxygen atoms in total. The number of methoxy groups -OCH3 is 1. The second-order valence-electron chi connectivity index (χ2n) is 5.46. The Kier molecular flexibility index (Phi) is 5.07. The Morgan fingerprint density at radius 3 is 2.90 bits per heavy atom. The number of phenolic OH excluding ortho intramolecular Hbond substituents is 1. The molecule has 2 rings (SSSR count). The first kappa shape index (κ1) is 15.6. The van der Waals surface area contributed by atoms with Gasteiger partial charge in [-0.05, 0) is 31.5 Å². The summed E-state index contributed by atoms with van der Waals surface area (Å²) in [5, 5.41) is 13.5. The number of amides is 1. The lowest BCUT2D eigenvalue weighted by atomic mass is 9.89. The molecule has 1 amide bonds. The van der Waals surface area contributed by atoms with Gasteiger partial charge < -0.3 is 20.1 Å². The van der Waals surface area contributed by atoms with Crippen LogP contribution in [0.1, 0.15) is 30.1 Å². The Hall–Kier alpha value is -1.75. The highest BCUT2D eigenvalue weighted by atomic mass is 16.5. The van der Waals surface area contributed by atoms with Gasteiger partial charge in [0.15, 0.2) is 11.5 Å². The summed E-state index contributed by atoms with van der Waals surface area (Å²) in [6.45, 7) is 3.57. The van der Waals surface area contributed by atoms with E-state index in [9.17, 15) is 9.90 Å². The topological polar surface area (TPSA) is 61.8 Å². The Morgan fingerprint density at radius 1 is 1.52 bits per heavy atom. The van der Waals surface area contributed by atoms with Crippen molar-refractivity contribution >= 4 is 5.91 Å². The second kappa shape index (κ2) is 6.80. The molecule has 116 valence electrons. The number of benzene rings is 1. The maximum absolute atomic E-state index is 12.6. The molecule has 2 unspecified atom stereocenters. The monoisotopic (exact) mass is 292 g/mol. The van der Waals surface area contributed by atoms with Crippen molar-refractivity contribution in [2.24, 2.45) is 5.92 Å². The molecule has 1 aromatic carbocycles. The van der Waals surface area contributed by atoms with Gasteiger partial charge in [-0.3, -0.25) is 4.79 Å². The van der Waals surface area contributed by atoms with Crippen molar-refractivity contribution in [2.75, 3.05) is 27.2 Å². The number of hydrogen-bond acceptors (Lipinski definition) is 4. The van der Waals surface area contributed by atoms with Crippen molar-refractivity contribution in [3.63, 3.8) is 0 Å². The zero-order valence-electron chi connectivity index (χ0n) is 12.9. The summed E-state index contributed by atoms with van der Waals surface area (Å²) in [6, 6.07) is 5.47. The lowest BCUT2D eigenvalue weighted by Crippen LogP contribution is -2.50. The molecular weight excluding hydrogens is 268 g/mol. The van der Waals surface area contributed by atoms with Gasteiger partial charge in [-0.1, -0.05) is 19.4 Å². The lowest BCUT2D eigenvalue weighted by Gasteiger charge is -2.38. The van der Waals surface area contributed by atoms with E-state index in [4.69, 9.17) is 4.74 Å². The van der Waals surface area contributed by atoms with Crippen molar-refractivity contribution in [3.05, 3.63) is 23.8 Å². The molecule has 2 atom stereocenters. The minimum absolute atomic E-state index is 0.0752. The van der Waals surface area contributed by atoms with Crippen LogP contribution in [-0.4, -0.2) is 49.2 Å². The SMILES string of the molecule is CCC1CN(C(=O)c2cccc(OC)c2O)CCC1NC. The quantitative estimate of drug-likeness (QED) is 0.889. The third-order valence-corrected chi connectivity index (χ3v) is 4.37. The summed E-state index contributed by atoms with van der Waals surface area (Å²) in [7, 11) is 3.45. The number of nitrogens with one attached hydrogen (secondary N) is 1. The van der Waals surface area contributed by atoms with E-state index in [1.807, 2.05) is 11.9 Å². The highest BCUT2D eigenvalue weighted by Gasteiger charge is 2.31. The van der Waals surface area contributed by atoms with Crippen molar-refractivity contribution in [1.82, 2.24) is 10.2 Å². The molecular formula is C16H24N2O3. The van der Waals surface area contributed by atoms with Crippen LogP contribution in [0.3, 0.4) is 0 Å². The Balaban J connectivity index is 2.17. The van der Waals surface area contributed by atoms with Crippen molar-refractivity contribution in [2.45, 2.75) is 25.8 Å². The van der Waals surface area contributed by atoms with Gasteiger partial charge in [-0.2, -0.15) is 0 Å². The van der Waals surface area contributed by atoms with Crippen LogP contribution in [0.5, 0.6) is 11.5 Å². The van der Waals surface area contributed by atoms with E-state index in [0.29, 0.717) is 29.8 Å². The normalized spacial score (nSPS) is 22.1. The fraction of sp³-hybridized carbons (Fsp3) is 0.562. The van der Waals surface area contributed by atoms with E-state index in [0.717, 1.165) is 19.4 Å². The molecule has 1 aliphatic rings. The van der Waals surface area contributed by atoms with Crippen molar-refractivity contribution in [3.8, 4) is 11.5 Å². The first-order valence-corrected chi connectivity index (χ1v) is 7.44. The van der Waals surface area contributed by atoms with E-state index in [-0.39, 0.29) is 11.7 Å². The highest BCUT2D eigenvalue weighted by molar-refractivity contribution is 5.97. The van der Waals surface area contributed by atoms with E-state index in [1.165, 1.54) is 7.11 Å². The van der Waals surface area contributed by atoms with Gasteiger partial charge in [0.2, 0.25) is 0 Å². The molecule has 1 aromatic rings. The van der Waals surface area contributed by atoms with E-state index < -0.39 is 0 Å². The molecule has 0 saturated carbocycles. The van der Waals surface area contributed by atoms with Crippen LogP contribution in [0.15, 0.2) is 18.2 Å². The minimum atomic E-state index is -0.126. The number of phenols is 1. The molecule has 0 bridgehead atoms. The second-order valence-corrected chi connectivity index (χ2v) is 5.46. The third kappa shape index (κ3) is 3.13. The number of rotatable bonds is 4. The first-order valence-electron chi connectivity index (χ1n) is 7.44. The summed E-state index contributed by atoms with van der Waals surface area (Å²) >= 11 is 0. The fourth-order valence-corrected chi connectivity index (χ4v) is 3.04. The van der Waals surface area contributed by atoms with Gasteiger partial charge in [0.1, 0.15) is 0 Å². The van der Waals surface area contributed by atoms with Crippen LogP contribution < -0.4 is 10.1 Å². The smallest absolute Gasteiger partial charge is 0.257 e. The summed E-state index contributed by atoms with van der Waals surface area (Å²) in [5.41, 5.74) is 0.312. The molecule has 0 radical (unpaired) electrons. The van der Waals surface area contributed by atoms with Gasteiger partial charge in [0.25, 0.3) is 5.91 Å². The average molecular weight is 292 g/mol. The number of carbonyl (C=O) groups excluding carboxylic acids is 1. The maximum atomic E-state index is 12.6. The largest absolute Gasteiger partial charge is 0.504 e. The minimum Gasteiger partial charge on any atom is -0.504 e. The number of piperidine rings is 1. The van der Waals surface area contributed by atoms with Crippen LogP contribution in [0.25, 0.3) is 0 Å². The fourth-order valence-electron chi connectivity index (χ4n) is 3.04. The van der Waals surface area contributed by atoms with E-state index in [2.05, 4.69) is 12.2 Å². The molecule has 5 heteroatoms. The highest BCUT2D eigenvalue weighted by Crippen LogP contribution is 2.31. The molecule has 0 aromatic heterocycles. The number of hydrogen-bond donors (Lipinski definition) is 2. The summed E-state index contributed by atoms with van der Waals surface area (Å²) in [6.07, 6.45) is 1.96. The van der Waals surface area contributed by atoms with Gasteiger partial charge in [-0.25, -0.2) is 0 Å². The average Bonchev–Trinajstić information content (AvgIpc) is 2.53. The molecule has 1 heterocycles. The van der Waals surface area contributed by atoms with Crippen molar-refractivity contribution < 1.29 is 14.6 Å². The number of nitrogens with zero attached hydrogens (tertiary/aromatic N) is 1. The Morgan fingerprint density at radius 2 is 2.29 bits per heavy atom. The first-order chi connectivity index (χ1) is 10.1. The van der Waals surface area contributed by atoms with Gasteiger partial charge in [0, 0.05) is 19.1 Å². The molecule has 0 aliphatic carbocycles. The molecule has 0 spiro atoms. The van der Waals surface area contributed by atoms with E-state index >= 15 is 0 Å². The maximum Gasteiger partial charge on any atom is 0.257 e. The summed E-state index contributed by atoms with van der Waals surface area (Å²) in [4.78, 5) is 14.5. The molecule has 1 aliphatic heterocycles. The molecule has 1 fully saturated rings. The third-order valence-electron chi connectivity index (χ3n) is 4.37. The number of aromatic hydroxyl groups is 1. The van der Waals surface area contributed by atoms with Crippen LogP contribution in [-0.2, 0) is 0 Å². The molecule has 1 saturated heterocycles. The number of likely N-dealkylation sites (tertiary alicyclic amines) is 1. The summed E-state index contributed by atoms with van der Waals surface area (Å²) < 4.78 is 5.07. The Bertz CT molecular complexity index is 504. The zero-order chi connectivity index (χ0) is 15.4. The summed E-state index contributed by atoms with van der Waals surface area (Å²) in [5.74, 6) is 0.576. The van der Waals surface area contributed by atoms with Crippen LogP contribution in [0, 0.1) is 5.92 Å². The van der Waals surface area contributed by atoms with Crippen LogP contribution >= 0.6 is 0 Å². The number of carbonyl (C=O) groups is 1. The van der Waals surface area contributed by atoms with Gasteiger partial charge in [0.05, 0.1) is 12.7 Å². The number of ether oxygens (including phenoxy) is 1. The zero-order valence-corrected chi connectivity index (χ0v) is 12.9. The molecule has 2 N–H and O–H groups in total. The standard InChI is InChI=1S/C16H24N2O3/c1-4-11-10-18(9-8-13(11)17-2)16(20)12-6-5-7-14(21-3)15(12)19/h5-7,11,13,17,19H,4,8-10H2,1-3H3. The lowest BCUT2D eigenvalue weighted by molar-refractivity contribution is 0.0628.